The van der Waals surface area contributed by atoms with Crippen LogP contribution in [0, 0.1) is 5.41 Å². The molecule has 0 saturated heterocycles. The average Bonchev–Trinajstić information content (AvgIpc) is 2.25. The molecule has 2 heteroatoms. The summed E-state index contributed by atoms with van der Waals surface area (Å²) in [6, 6.07) is 10.0. The Labute approximate surface area is 123 Å². The quantitative estimate of drug-likeness (QED) is 0.703. The van der Waals surface area contributed by atoms with Crippen LogP contribution in [0.5, 0.6) is 0 Å². The number of hydrogen-bond acceptors (Lipinski definition) is 2. The van der Waals surface area contributed by atoms with Crippen LogP contribution in [0.15, 0.2) is 36.9 Å². The number of benzene rings is 1. The molecule has 0 bridgehead atoms. The third-order valence-electron chi connectivity index (χ3n) is 2.13. The van der Waals surface area contributed by atoms with E-state index >= 15 is 0 Å². The third-order valence-corrected chi connectivity index (χ3v) is 2.13. The van der Waals surface area contributed by atoms with Crippen LogP contribution in [0.25, 0.3) is 6.08 Å². The van der Waals surface area contributed by atoms with E-state index in [1.807, 2.05) is 78.0 Å². The highest BCUT2D eigenvalue weighted by Gasteiger charge is 2.21. The van der Waals surface area contributed by atoms with Crippen LogP contribution < -0.4 is 0 Å². The summed E-state index contributed by atoms with van der Waals surface area (Å²) >= 11 is 0. The van der Waals surface area contributed by atoms with E-state index in [2.05, 4.69) is 6.58 Å². The Hall–Kier alpha value is -1.57. The van der Waals surface area contributed by atoms with Crippen molar-refractivity contribution in [3.63, 3.8) is 0 Å². The van der Waals surface area contributed by atoms with Crippen LogP contribution in [0.3, 0.4) is 0 Å². The molecular weight excluding hydrogens is 248 g/mol. The predicted octanol–water partition coefficient (Wildman–Crippen LogP) is 5.09. The first-order valence-electron chi connectivity index (χ1n) is 6.93. The van der Waals surface area contributed by atoms with Gasteiger partial charge in [-0.3, -0.25) is 4.79 Å². The fraction of sp³-hybridized carbons (Fsp3) is 0.500. The van der Waals surface area contributed by atoms with Gasteiger partial charge in [0.15, 0.2) is 0 Å². The Bertz CT molecular complexity index is 387. The standard InChI is InChI=1S/C10H20O2.C8H8/c1-9(2,3)7-8(11)12-10(4,5)6;1-2-8-6-4-3-5-7-8/h7H2,1-6H3;2-7H,1H2. The first-order chi connectivity index (χ1) is 9.03. The summed E-state index contributed by atoms with van der Waals surface area (Å²) in [7, 11) is 0. The highest BCUT2D eigenvalue weighted by Crippen LogP contribution is 2.20. The molecule has 0 fully saturated rings. The molecule has 0 atom stereocenters. The van der Waals surface area contributed by atoms with Crippen molar-refractivity contribution in [1.82, 2.24) is 0 Å². The summed E-state index contributed by atoms with van der Waals surface area (Å²) in [5.74, 6) is -0.116. The number of carbonyl (C=O) groups excluding carboxylic acids is 1. The Morgan fingerprint density at radius 1 is 1.10 bits per heavy atom. The average molecular weight is 276 g/mol. The van der Waals surface area contributed by atoms with Gasteiger partial charge in [-0.05, 0) is 31.7 Å². The van der Waals surface area contributed by atoms with Crippen molar-refractivity contribution in [3.8, 4) is 0 Å². The van der Waals surface area contributed by atoms with Gasteiger partial charge in [-0.15, -0.1) is 0 Å². The first kappa shape index (κ1) is 18.4. The van der Waals surface area contributed by atoms with E-state index in [1.165, 1.54) is 5.56 Å². The molecule has 1 rings (SSSR count). The Kier molecular flexibility index (Phi) is 7.26. The zero-order valence-corrected chi connectivity index (χ0v) is 13.7. The topological polar surface area (TPSA) is 26.3 Å². The normalized spacial score (nSPS) is 11.1. The lowest BCUT2D eigenvalue weighted by Gasteiger charge is -2.23. The number of esters is 1. The Morgan fingerprint density at radius 2 is 1.60 bits per heavy atom. The molecule has 0 spiro atoms. The van der Waals surface area contributed by atoms with E-state index in [-0.39, 0.29) is 17.0 Å². The summed E-state index contributed by atoms with van der Waals surface area (Å²) in [5, 5.41) is 0. The minimum absolute atomic E-state index is 0.0162. The minimum atomic E-state index is -0.359. The zero-order valence-electron chi connectivity index (χ0n) is 13.7. The van der Waals surface area contributed by atoms with Crippen molar-refractivity contribution in [2.24, 2.45) is 5.41 Å². The highest BCUT2D eigenvalue weighted by atomic mass is 16.6. The molecule has 0 saturated carbocycles. The van der Waals surface area contributed by atoms with Gasteiger partial charge < -0.3 is 4.74 Å². The first-order valence-corrected chi connectivity index (χ1v) is 6.93. The summed E-state index contributed by atoms with van der Waals surface area (Å²) < 4.78 is 5.17. The Balaban J connectivity index is 0.000000388. The molecule has 1 aromatic rings. The number of hydrogen-bond donors (Lipinski definition) is 0. The van der Waals surface area contributed by atoms with Crippen LogP contribution in [-0.4, -0.2) is 11.6 Å². The second kappa shape index (κ2) is 7.88. The summed E-state index contributed by atoms with van der Waals surface area (Å²) in [6.07, 6.45) is 2.31. The van der Waals surface area contributed by atoms with E-state index in [4.69, 9.17) is 4.74 Å². The molecule has 112 valence electrons. The van der Waals surface area contributed by atoms with Gasteiger partial charge >= 0.3 is 5.97 Å². The minimum Gasteiger partial charge on any atom is -0.460 e. The zero-order chi connectivity index (χ0) is 15.8. The fourth-order valence-electron chi connectivity index (χ4n) is 1.40. The van der Waals surface area contributed by atoms with Crippen molar-refractivity contribution in [2.75, 3.05) is 0 Å². The van der Waals surface area contributed by atoms with Crippen LogP contribution in [0.2, 0.25) is 0 Å². The summed E-state index contributed by atoms with van der Waals surface area (Å²) in [6.45, 7) is 15.4. The van der Waals surface area contributed by atoms with Crippen molar-refractivity contribution >= 4 is 12.0 Å². The van der Waals surface area contributed by atoms with Gasteiger partial charge in [0, 0.05) is 0 Å². The third kappa shape index (κ3) is 11.5. The van der Waals surface area contributed by atoms with Gasteiger partial charge in [0.2, 0.25) is 0 Å². The van der Waals surface area contributed by atoms with Crippen LogP contribution in [-0.2, 0) is 9.53 Å². The van der Waals surface area contributed by atoms with Gasteiger partial charge in [-0.2, -0.15) is 0 Å². The lowest BCUT2D eigenvalue weighted by atomic mass is 9.92. The van der Waals surface area contributed by atoms with Gasteiger partial charge in [0.05, 0.1) is 6.42 Å². The number of ether oxygens (including phenoxy) is 1. The van der Waals surface area contributed by atoms with Gasteiger partial charge in [-0.25, -0.2) is 0 Å². The molecule has 2 nitrogen and oxygen atoms in total. The summed E-state index contributed by atoms with van der Waals surface area (Å²) in [4.78, 5) is 11.3. The lowest BCUT2D eigenvalue weighted by molar-refractivity contribution is -0.156. The largest absolute Gasteiger partial charge is 0.460 e. The molecule has 20 heavy (non-hydrogen) atoms. The van der Waals surface area contributed by atoms with Crippen molar-refractivity contribution in [1.29, 1.82) is 0 Å². The monoisotopic (exact) mass is 276 g/mol. The van der Waals surface area contributed by atoms with E-state index < -0.39 is 0 Å². The van der Waals surface area contributed by atoms with Gasteiger partial charge in [0.1, 0.15) is 5.60 Å². The molecule has 0 N–H and O–H groups in total. The van der Waals surface area contributed by atoms with E-state index in [1.54, 1.807) is 0 Å². The Morgan fingerprint density at radius 3 is 1.90 bits per heavy atom. The molecular formula is C18H28O2. The van der Waals surface area contributed by atoms with Crippen molar-refractivity contribution in [2.45, 2.75) is 53.6 Å². The predicted molar refractivity (Wildman–Crippen MR) is 86.5 cm³/mol. The SMILES string of the molecule is C=Cc1ccccc1.CC(C)(C)CC(=O)OC(C)(C)C. The smallest absolute Gasteiger partial charge is 0.306 e. The maximum Gasteiger partial charge on any atom is 0.306 e. The molecule has 0 unspecified atom stereocenters. The lowest BCUT2D eigenvalue weighted by Crippen LogP contribution is -2.26. The molecule has 0 aromatic heterocycles. The molecule has 0 radical (unpaired) electrons. The van der Waals surface area contributed by atoms with E-state index in [9.17, 15) is 4.79 Å². The fourth-order valence-corrected chi connectivity index (χ4v) is 1.40. The molecule has 0 aliphatic heterocycles. The molecule has 0 aliphatic carbocycles. The molecule has 1 aromatic carbocycles. The van der Waals surface area contributed by atoms with Crippen LogP contribution >= 0.6 is 0 Å². The second-order valence-electron chi connectivity index (χ2n) is 6.94. The highest BCUT2D eigenvalue weighted by molar-refractivity contribution is 5.70. The number of rotatable bonds is 2. The molecule has 0 aliphatic rings. The van der Waals surface area contributed by atoms with E-state index in [0.717, 1.165) is 0 Å². The van der Waals surface area contributed by atoms with Crippen LogP contribution in [0.1, 0.15) is 53.5 Å². The van der Waals surface area contributed by atoms with Crippen LogP contribution in [0.4, 0.5) is 0 Å². The van der Waals surface area contributed by atoms with Crippen molar-refractivity contribution in [3.05, 3.63) is 42.5 Å². The maximum absolute atomic E-state index is 11.3. The maximum atomic E-state index is 11.3. The van der Waals surface area contributed by atoms with Gasteiger partial charge in [-0.1, -0.05) is 63.8 Å². The second-order valence-corrected chi connectivity index (χ2v) is 6.94. The molecule has 0 heterocycles. The number of carbonyl (C=O) groups is 1. The van der Waals surface area contributed by atoms with Gasteiger partial charge in [0.25, 0.3) is 0 Å². The van der Waals surface area contributed by atoms with Crippen molar-refractivity contribution < 1.29 is 9.53 Å². The van der Waals surface area contributed by atoms with E-state index in [0.29, 0.717) is 6.42 Å². The molecule has 0 amide bonds. The summed E-state index contributed by atoms with van der Waals surface area (Å²) in [5.41, 5.74) is 0.831.